The lowest BCUT2D eigenvalue weighted by Gasteiger charge is -2.16. The van der Waals surface area contributed by atoms with E-state index in [1.165, 1.54) is 22.9 Å². The van der Waals surface area contributed by atoms with Crippen LogP contribution in [0.1, 0.15) is 22.0 Å². The van der Waals surface area contributed by atoms with Crippen LogP contribution in [0, 0.1) is 13.8 Å². The summed E-state index contributed by atoms with van der Waals surface area (Å²) in [6, 6.07) is 13.9. The van der Waals surface area contributed by atoms with Crippen molar-refractivity contribution >= 4 is 34.7 Å². The van der Waals surface area contributed by atoms with Crippen LogP contribution in [0.25, 0.3) is 11.3 Å². The summed E-state index contributed by atoms with van der Waals surface area (Å²) in [6.45, 7) is 4.88. The number of carbonyl (C=O) groups is 1. The van der Waals surface area contributed by atoms with E-state index in [-0.39, 0.29) is 18.3 Å². The monoisotopic (exact) mass is 478 g/mol. The highest BCUT2D eigenvalue weighted by molar-refractivity contribution is 7.99. The Labute approximate surface area is 199 Å². The molecule has 0 saturated heterocycles. The Bertz CT molecular complexity index is 1280. The summed E-state index contributed by atoms with van der Waals surface area (Å²) in [5.74, 6) is 1.37. The minimum absolute atomic E-state index is 0.0201. The maximum atomic E-state index is 12.9. The van der Waals surface area contributed by atoms with E-state index in [0.717, 1.165) is 34.1 Å². The van der Waals surface area contributed by atoms with Gasteiger partial charge in [0.1, 0.15) is 5.75 Å². The van der Waals surface area contributed by atoms with Gasteiger partial charge in [0.05, 0.1) is 16.5 Å². The minimum atomic E-state index is 0.0201. The van der Waals surface area contributed by atoms with Crippen molar-refractivity contribution in [1.29, 1.82) is 0 Å². The zero-order valence-corrected chi connectivity index (χ0v) is 19.9. The standard InChI is InChI=1S/C24H22N4O3S2/c1-15-3-6-19(7-4-15)30-12-22-26-27-24(31-22)33-14-23(29)28-10-9-18-11-17(5-8-21(18)28)20-13-32-16(2)25-20/h3-8,11,13H,9-10,12,14H2,1-2H3. The van der Waals surface area contributed by atoms with E-state index in [1.807, 2.05) is 55.1 Å². The highest BCUT2D eigenvalue weighted by Gasteiger charge is 2.25. The first-order chi connectivity index (χ1) is 16.0. The van der Waals surface area contributed by atoms with Crippen molar-refractivity contribution < 1.29 is 13.9 Å². The number of benzene rings is 2. The summed E-state index contributed by atoms with van der Waals surface area (Å²) in [7, 11) is 0. The van der Waals surface area contributed by atoms with Gasteiger partial charge >= 0.3 is 0 Å². The number of aromatic nitrogens is 3. The van der Waals surface area contributed by atoms with Gasteiger partial charge in [0.25, 0.3) is 11.1 Å². The summed E-state index contributed by atoms with van der Waals surface area (Å²) in [5.41, 5.74) is 5.38. The molecule has 0 bridgehead atoms. The molecule has 4 aromatic rings. The topological polar surface area (TPSA) is 81.4 Å². The molecule has 33 heavy (non-hydrogen) atoms. The van der Waals surface area contributed by atoms with Crippen LogP contribution in [0.2, 0.25) is 0 Å². The maximum Gasteiger partial charge on any atom is 0.277 e. The van der Waals surface area contributed by atoms with Crippen molar-refractivity contribution in [3.63, 3.8) is 0 Å². The van der Waals surface area contributed by atoms with Crippen LogP contribution in [0.15, 0.2) is 57.5 Å². The molecule has 0 atom stereocenters. The molecule has 2 aromatic carbocycles. The molecule has 3 heterocycles. The van der Waals surface area contributed by atoms with Gasteiger partial charge < -0.3 is 14.1 Å². The average Bonchev–Trinajstić information content (AvgIpc) is 3.56. The van der Waals surface area contributed by atoms with Crippen LogP contribution >= 0.6 is 23.1 Å². The highest BCUT2D eigenvalue weighted by atomic mass is 32.2. The van der Waals surface area contributed by atoms with E-state index in [9.17, 15) is 4.79 Å². The van der Waals surface area contributed by atoms with E-state index in [2.05, 4.69) is 26.6 Å². The van der Waals surface area contributed by atoms with Crippen molar-refractivity contribution in [1.82, 2.24) is 15.2 Å². The second-order valence-corrected chi connectivity index (χ2v) is 9.73. The van der Waals surface area contributed by atoms with E-state index in [1.54, 1.807) is 11.3 Å². The summed E-state index contributed by atoms with van der Waals surface area (Å²) < 4.78 is 11.3. The molecule has 0 radical (unpaired) electrons. The Balaban J connectivity index is 1.17. The number of rotatable bonds is 7. The summed E-state index contributed by atoms with van der Waals surface area (Å²) >= 11 is 2.88. The molecule has 168 valence electrons. The van der Waals surface area contributed by atoms with Gasteiger partial charge in [-0.2, -0.15) is 0 Å². The fourth-order valence-electron chi connectivity index (χ4n) is 3.65. The van der Waals surface area contributed by atoms with Crippen LogP contribution in [0.4, 0.5) is 5.69 Å². The van der Waals surface area contributed by atoms with Crippen molar-refractivity contribution in [3.8, 4) is 17.0 Å². The molecule has 2 aromatic heterocycles. The molecular formula is C24H22N4O3S2. The smallest absolute Gasteiger partial charge is 0.277 e. The van der Waals surface area contributed by atoms with Crippen LogP contribution in [-0.4, -0.2) is 33.4 Å². The fourth-order valence-corrected chi connectivity index (χ4v) is 4.93. The highest BCUT2D eigenvalue weighted by Crippen LogP contribution is 2.33. The Morgan fingerprint density at radius 2 is 2.03 bits per heavy atom. The third kappa shape index (κ3) is 4.94. The van der Waals surface area contributed by atoms with Gasteiger partial charge in [0.2, 0.25) is 5.91 Å². The van der Waals surface area contributed by atoms with Crippen LogP contribution in [0.3, 0.4) is 0 Å². The minimum Gasteiger partial charge on any atom is -0.484 e. The molecule has 0 N–H and O–H groups in total. The lowest BCUT2D eigenvalue weighted by Crippen LogP contribution is -2.30. The molecule has 0 saturated carbocycles. The third-order valence-electron chi connectivity index (χ3n) is 5.34. The quantitative estimate of drug-likeness (QED) is 0.343. The zero-order chi connectivity index (χ0) is 22.8. The maximum absolute atomic E-state index is 12.9. The van der Waals surface area contributed by atoms with E-state index >= 15 is 0 Å². The number of anilines is 1. The van der Waals surface area contributed by atoms with Gasteiger partial charge in [-0.05, 0) is 50.1 Å². The number of thioether (sulfide) groups is 1. The molecule has 0 unspecified atom stereocenters. The first-order valence-electron chi connectivity index (χ1n) is 10.6. The number of amides is 1. The van der Waals surface area contributed by atoms with Crippen molar-refractivity contribution in [2.75, 3.05) is 17.2 Å². The van der Waals surface area contributed by atoms with Crippen molar-refractivity contribution in [2.24, 2.45) is 0 Å². The van der Waals surface area contributed by atoms with Gasteiger partial charge in [-0.3, -0.25) is 4.79 Å². The molecule has 0 spiro atoms. The number of carbonyl (C=O) groups excluding carboxylic acids is 1. The predicted octanol–water partition coefficient (Wildman–Crippen LogP) is 5.07. The number of ether oxygens (including phenoxy) is 1. The largest absolute Gasteiger partial charge is 0.484 e. The molecule has 7 nitrogen and oxygen atoms in total. The van der Waals surface area contributed by atoms with Gasteiger partial charge in [0, 0.05) is 23.2 Å². The number of fused-ring (bicyclic) bond motifs is 1. The van der Waals surface area contributed by atoms with E-state index in [4.69, 9.17) is 9.15 Å². The summed E-state index contributed by atoms with van der Waals surface area (Å²) in [5, 5.41) is 11.5. The average molecular weight is 479 g/mol. The van der Waals surface area contributed by atoms with Crippen LogP contribution in [0.5, 0.6) is 5.75 Å². The first kappa shape index (κ1) is 21.7. The molecule has 1 amide bonds. The molecule has 5 rings (SSSR count). The molecule has 9 heteroatoms. The van der Waals surface area contributed by atoms with Gasteiger partial charge in [0.15, 0.2) is 6.61 Å². The van der Waals surface area contributed by atoms with Gasteiger partial charge in [-0.15, -0.1) is 21.5 Å². The number of hydrogen-bond acceptors (Lipinski definition) is 8. The Hall–Kier alpha value is -3.17. The molecule has 1 aliphatic heterocycles. The van der Waals surface area contributed by atoms with E-state index in [0.29, 0.717) is 17.7 Å². The van der Waals surface area contributed by atoms with E-state index < -0.39 is 0 Å². The lowest BCUT2D eigenvalue weighted by molar-refractivity contribution is -0.116. The molecule has 0 aliphatic carbocycles. The SMILES string of the molecule is Cc1ccc(OCc2nnc(SCC(=O)N3CCc4cc(-c5csc(C)n5)ccc43)o2)cc1. The number of nitrogens with zero attached hydrogens (tertiary/aromatic N) is 4. The van der Waals surface area contributed by atoms with Gasteiger partial charge in [-0.25, -0.2) is 4.98 Å². The normalized spacial score (nSPS) is 12.7. The predicted molar refractivity (Wildman–Crippen MR) is 129 cm³/mol. The summed E-state index contributed by atoms with van der Waals surface area (Å²) in [4.78, 5) is 19.3. The second-order valence-electron chi connectivity index (χ2n) is 7.74. The van der Waals surface area contributed by atoms with Crippen molar-refractivity contribution in [3.05, 3.63) is 69.9 Å². The fraction of sp³-hybridized carbons (Fsp3) is 0.250. The van der Waals surface area contributed by atoms with Crippen LogP contribution < -0.4 is 9.64 Å². The number of hydrogen-bond donors (Lipinski definition) is 0. The van der Waals surface area contributed by atoms with Gasteiger partial charge in [-0.1, -0.05) is 35.5 Å². The Morgan fingerprint density at radius 3 is 2.82 bits per heavy atom. The Kier molecular flexibility index (Phi) is 6.15. The van der Waals surface area contributed by atoms with Crippen LogP contribution in [-0.2, 0) is 17.8 Å². The number of aryl methyl sites for hydroxylation is 2. The molecular weight excluding hydrogens is 456 g/mol. The first-order valence-corrected chi connectivity index (χ1v) is 12.4. The number of thiazole rings is 1. The third-order valence-corrected chi connectivity index (χ3v) is 6.92. The second kappa shape index (κ2) is 9.36. The van der Waals surface area contributed by atoms with Crippen molar-refractivity contribution in [2.45, 2.75) is 32.1 Å². The zero-order valence-electron chi connectivity index (χ0n) is 18.3. The lowest BCUT2D eigenvalue weighted by atomic mass is 10.1. The molecule has 1 aliphatic rings. The molecule has 0 fully saturated rings. The summed E-state index contributed by atoms with van der Waals surface area (Å²) in [6.07, 6.45) is 0.837. The Morgan fingerprint density at radius 1 is 1.18 bits per heavy atom.